The lowest BCUT2D eigenvalue weighted by Gasteiger charge is -2.31. The fraction of sp³-hybridized carbons (Fsp3) is 0.474. The predicted octanol–water partition coefficient (Wildman–Crippen LogP) is 3.43. The molecule has 0 bridgehead atoms. The van der Waals surface area contributed by atoms with Gasteiger partial charge in [-0.2, -0.15) is 0 Å². The Labute approximate surface area is 168 Å². The Bertz CT molecular complexity index is 1000. The van der Waals surface area contributed by atoms with Crippen LogP contribution >= 0.6 is 11.3 Å². The maximum Gasteiger partial charge on any atom is 0.257 e. The molecular formula is C19H24FN3O3S2. The lowest BCUT2D eigenvalue weighted by Crippen LogP contribution is -2.34. The first-order valence-corrected chi connectivity index (χ1v) is 11.5. The van der Waals surface area contributed by atoms with Crippen molar-refractivity contribution in [1.29, 1.82) is 0 Å². The van der Waals surface area contributed by atoms with Crippen LogP contribution in [0.15, 0.2) is 23.1 Å². The van der Waals surface area contributed by atoms with Crippen molar-refractivity contribution in [1.82, 2.24) is 14.6 Å². The van der Waals surface area contributed by atoms with Crippen LogP contribution in [0.1, 0.15) is 58.7 Å². The smallest absolute Gasteiger partial charge is 0.257 e. The molecule has 1 atom stereocenters. The van der Waals surface area contributed by atoms with Gasteiger partial charge in [0.05, 0.1) is 32.1 Å². The zero-order valence-electron chi connectivity index (χ0n) is 16.3. The molecule has 0 spiro atoms. The van der Waals surface area contributed by atoms with E-state index in [0.29, 0.717) is 0 Å². The molecule has 1 aliphatic carbocycles. The van der Waals surface area contributed by atoms with Crippen LogP contribution in [0.2, 0.25) is 0 Å². The summed E-state index contributed by atoms with van der Waals surface area (Å²) in [6.45, 7) is 5.31. The van der Waals surface area contributed by atoms with Gasteiger partial charge in [-0.05, 0) is 58.2 Å². The third-order valence-corrected chi connectivity index (χ3v) is 7.46. The van der Waals surface area contributed by atoms with Crippen LogP contribution in [0.5, 0.6) is 0 Å². The summed E-state index contributed by atoms with van der Waals surface area (Å²) in [5.41, 5.74) is 0.749. The van der Waals surface area contributed by atoms with Crippen molar-refractivity contribution in [3.8, 4) is 0 Å². The lowest BCUT2D eigenvalue weighted by atomic mass is 9.96. The number of hydrogen-bond acceptors (Lipinski definition) is 5. The second kappa shape index (κ2) is 7.88. The number of fused-ring (bicyclic) bond motifs is 1. The highest BCUT2D eigenvalue weighted by molar-refractivity contribution is 7.89. The monoisotopic (exact) mass is 425 g/mol. The van der Waals surface area contributed by atoms with E-state index >= 15 is 0 Å². The van der Waals surface area contributed by atoms with E-state index in [1.807, 2.05) is 6.92 Å². The minimum Gasteiger partial charge on any atom is -0.334 e. The molecule has 9 heteroatoms. The summed E-state index contributed by atoms with van der Waals surface area (Å²) < 4.78 is 41.7. The Morgan fingerprint density at radius 1 is 1.39 bits per heavy atom. The number of rotatable bonds is 5. The number of thiazole rings is 1. The van der Waals surface area contributed by atoms with Gasteiger partial charge < -0.3 is 4.90 Å². The second-order valence-corrected chi connectivity index (χ2v) is 10.2. The van der Waals surface area contributed by atoms with E-state index in [-0.39, 0.29) is 22.5 Å². The highest BCUT2D eigenvalue weighted by atomic mass is 32.2. The van der Waals surface area contributed by atoms with Crippen LogP contribution in [0.4, 0.5) is 4.39 Å². The number of aromatic nitrogens is 1. The maximum atomic E-state index is 14.4. The summed E-state index contributed by atoms with van der Waals surface area (Å²) in [4.78, 5) is 20.0. The van der Waals surface area contributed by atoms with Gasteiger partial charge in [0.1, 0.15) is 5.82 Å². The first-order valence-electron chi connectivity index (χ1n) is 9.15. The molecule has 0 aliphatic heterocycles. The van der Waals surface area contributed by atoms with Gasteiger partial charge in [0.25, 0.3) is 5.91 Å². The molecule has 2 aromatic rings. The molecule has 0 radical (unpaired) electrons. The SMILES string of the molecule is Cc1nc2c(s1)C(N(C)C(=O)c1cc(S(=O)(=O)NC(C)C)ccc1F)CCC2. The quantitative estimate of drug-likeness (QED) is 0.796. The molecule has 1 aliphatic rings. The van der Waals surface area contributed by atoms with E-state index in [1.54, 1.807) is 32.2 Å². The summed E-state index contributed by atoms with van der Waals surface area (Å²) >= 11 is 1.55. The predicted molar refractivity (Wildman–Crippen MR) is 106 cm³/mol. The van der Waals surface area contributed by atoms with Crippen molar-refractivity contribution in [3.63, 3.8) is 0 Å². The van der Waals surface area contributed by atoms with Crippen LogP contribution in [-0.4, -0.2) is 37.3 Å². The van der Waals surface area contributed by atoms with Crippen LogP contribution in [0.25, 0.3) is 0 Å². The molecule has 1 unspecified atom stereocenters. The Balaban J connectivity index is 1.93. The highest BCUT2D eigenvalue weighted by Gasteiger charge is 2.31. The summed E-state index contributed by atoms with van der Waals surface area (Å²) in [5.74, 6) is -1.28. The average Bonchev–Trinajstić information content (AvgIpc) is 2.99. The molecule has 28 heavy (non-hydrogen) atoms. The molecule has 1 aromatic carbocycles. The van der Waals surface area contributed by atoms with Gasteiger partial charge in [-0.25, -0.2) is 22.5 Å². The van der Waals surface area contributed by atoms with Gasteiger partial charge in [-0.3, -0.25) is 4.79 Å². The minimum absolute atomic E-state index is 0.127. The van der Waals surface area contributed by atoms with Gasteiger partial charge in [-0.1, -0.05) is 0 Å². The summed E-state index contributed by atoms with van der Waals surface area (Å²) in [6, 6.07) is 2.81. The number of aryl methyl sites for hydroxylation is 2. The number of benzene rings is 1. The van der Waals surface area contributed by atoms with E-state index in [2.05, 4.69) is 9.71 Å². The second-order valence-electron chi connectivity index (χ2n) is 7.29. The number of carbonyl (C=O) groups is 1. The fourth-order valence-corrected chi connectivity index (χ4v) is 5.86. The van der Waals surface area contributed by atoms with E-state index in [9.17, 15) is 17.6 Å². The van der Waals surface area contributed by atoms with E-state index in [0.717, 1.165) is 47.0 Å². The van der Waals surface area contributed by atoms with Crippen LogP contribution < -0.4 is 4.72 Å². The molecule has 6 nitrogen and oxygen atoms in total. The molecule has 1 N–H and O–H groups in total. The standard InChI is InChI=1S/C19H24FN3O3S2/c1-11(2)22-28(25,26)13-8-9-15(20)14(10-13)19(24)23(4)17-7-5-6-16-18(17)27-12(3)21-16/h8-11,17,22H,5-7H2,1-4H3. The lowest BCUT2D eigenvalue weighted by molar-refractivity contribution is 0.0713. The van der Waals surface area contributed by atoms with Crippen LogP contribution in [0, 0.1) is 12.7 Å². The fourth-order valence-electron chi connectivity index (χ4n) is 3.43. The highest BCUT2D eigenvalue weighted by Crippen LogP contribution is 2.38. The largest absolute Gasteiger partial charge is 0.334 e. The normalized spacial score (nSPS) is 16.9. The molecule has 152 valence electrons. The van der Waals surface area contributed by atoms with Crippen molar-refractivity contribution < 1.29 is 17.6 Å². The van der Waals surface area contributed by atoms with E-state index in [4.69, 9.17) is 0 Å². The third-order valence-electron chi connectivity index (χ3n) is 4.69. The molecule has 0 saturated heterocycles. The summed E-state index contributed by atoms with van der Waals surface area (Å²) in [6.07, 6.45) is 2.54. The number of nitrogens with one attached hydrogen (secondary N) is 1. The van der Waals surface area contributed by atoms with Crippen molar-refractivity contribution in [3.05, 3.63) is 45.2 Å². The first-order chi connectivity index (χ1) is 13.1. The molecule has 0 saturated carbocycles. The van der Waals surface area contributed by atoms with Crippen molar-refractivity contribution in [2.45, 2.75) is 57.0 Å². The van der Waals surface area contributed by atoms with Crippen molar-refractivity contribution in [2.75, 3.05) is 7.05 Å². The molecule has 1 heterocycles. The topological polar surface area (TPSA) is 79.4 Å². The first kappa shape index (κ1) is 20.9. The molecule has 0 fully saturated rings. The molecule has 1 aromatic heterocycles. The van der Waals surface area contributed by atoms with Gasteiger partial charge >= 0.3 is 0 Å². The van der Waals surface area contributed by atoms with E-state index in [1.165, 1.54) is 11.0 Å². The van der Waals surface area contributed by atoms with Crippen molar-refractivity contribution >= 4 is 27.3 Å². The Kier molecular flexibility index (Phi) is 5.88. The van der Waals surface area contributed by atoms with Gasteiger partial charge in [-0.15, -0.1) is 11.3 Å². The van der Waals surface area contributed by atoms with Crippen LogP contribution in [0.3, 0.4) is 0 Å². The Morgan fingerprint density at radius 2 is 2.11 bits per heavy atom. The minimum atomic E-state index is -3.82. The number of nitrogens with zero attached hydrogens (tertiary/aromatic N) is 2. The summed E-state index contributed by atoms with van der Waals surface area (Å²) in [5, 5.41) is 0.941. The van der Waals surface area contributed by atoms with Gasteiger partial charge in [0.15, 0.2) is 0 Å². The van der Waals surface area contributed by atoms with Crippen LogP contribution in [-0.2, 0) is 16.4 Å². The van der Waals surface area contributed by atoms with E-state index < -0.39 is 21.7 Å². The zero-order valence-corrected chi connectivity index (χ0v) is 18.0. The number of hydrogen-bond donors (Lipinski definition) is 1. The Morgan fingerprint density at radius 3 is 2.79 bits per heavy atom. The maximum absolute atomic E-state index is 14.4. The number of sulfonamides is 1. The van der Waals surface area contributed by atoms with Crippen molar-refractivity contribution in [2.24, 2.45) is 0 Å². The zero-order chi connectivity index (χ0) is 20.6. The van der Waals surface area contributed by atoms with Gasteiger partial charge in [0.2, 0.25) is 10.0 Å². The third kappa shape index (κ3) is 4.11. The molecule has 3 rings (SSSR count). The molecular weight excluding hydrogens is 401 g/mol. The average molecular weight is 426 g/mol. The molecule has 1 amide bonds. The van der Waals surface area contributed by atoms with Gasteiger partial charge in [0, 0.05) is 13.1 Å². The number of carbonyl (C=O) groups excluding carboxylic acids is 1. The number of amides is 1. The Hall–Kier alpha value is -1.84. The number of halogens is 1. The summed E-state index contributed by atoms with van der Waals surface area (Å²) in [7, 11) is -2.19.